The van der Waals surface area contributed by atoms with E-state index in [1.807, 2.05) is 0 Å². The van der Waals surface area contributed by atoms with Crippen molar-refractivity contribution in [2.24, 2.45) is 4.40 Å². The topological polar surface area (TPSA) is 105 Å². The number of rotatable bonds is 4. The maximum absolute atomic E-state index is 12.2. The van der Waals surface area contributed by atoms with Crippen molar-refractivity contribution in [3.8, 4) is 0 Å². The van der Waals surface area contributed by atoms with Crippen LogP contribution in [0.15, 0.2) is 28.3 Å². The number of carbonyl (C=O) groups is 2. The van der Waals surface area contributed by atoms with Gasteiger partial charge in [-0.3, -0.25) is 4.79 Å². The monoisotopic (exact) mass is 327 g/mol. The number of nitrogens with one attached hydrogen (secondary N) is 1. The fourth-order valence-corrected chi connectivity index (χ4v) is 2.96. The van der Waals surface area contributed by atoms with Crippen molar-refractivity contribution in [3.05, 3.63) is 23.9 Å². The summed E-state index contributed by atoms with van der Waals surface area (Å²) in [6.07, 6.45) is 3.68. The normalized spacial score (nSPS) is 20.4. The van der Waals surface area contributed by atoms with Crippen molar-refractivity contribution >= 4 is 27.7 Å². The minimum absolute atomic E-state index is 0.0157. The number of hydrogen-bond acceptors (Lipinski definition) is 6. The molecule has 0 radical (unpaired) electrons. The van der Waals surface area contributed by atoms with Gasteiger partial charge in [0.15, 0.2) is 11.9 Å². The molecule has 120 valence electrons. The Morgan fingerprint density at radius 3 is 2.91 bits per heavy atom. The van der Waals surface area contributed by atoms with Crippen molar-refractivity contribution in [3.63, 3.8) is 0 Å². The van der Waals surface area contributed by atoms with Crippen molar-refractivity contribution in [2.45, 2.75) is 20.0 Å². The Morgan fingerprint density at radius 1 is 1.50 bits per heavy atom. The zero-order chi connectivity index (χ0) is 16.3. The van der Waals surface area contributed by atoms with E-state index in [1.54, 1.807) is 24.1 Å². The van der Waals surface area contributed by atoms with Crippen molar-refractivity contribution in [1.82, 2.24) is 10.2 Å². The number of esters is 1. The molecule has 0 unspecified atom stereocenters. The molecule has 0 aromatic carbocycles. The molecule has 2 aliphatic rings. The van der Waals surface area contributed by atoms with Crippen molar-refractivity contribution in [1.29, 1.82) is 0 Å². The van der Waals surface area contributed by atoms with Gasteiger partial charge in [-0.1, -0.05) is 0 Å². The molecule has 0 aromatic heterocycles. The van der Waals surface area contributed by atoms with Gasteiger partial charge in [0, 0.05) is 19.3 Å². The second kappa shape index (κ2) is 6.30. The predicted molar refractivity (Wildman–Crippen MR) is 79.4 cm³/mol. The molecular weight excluding hydrogens is 310 g/mol. The quantitative estimate of drug-likeness (QED) is 0.701. The number of hydrogen-bond donors (Lipinski definition) is 1. The number of carbonyl (C=O) groups excluding carboxylic acids is 2. The summed E-state index contributed by atoms with van der Waals surface area (Å²) in [6, 6.07) is 0. The summed E-state index contributed by atoms with van der Waals surface area (Å²) >= 11 is 0. The van der Waals surface area contributed by atoms with Crippen LogP contribution in [0.2, 0.25) is 0 Å². The molecule has 2 heterocycles. The van der Waals surface area contributed by atoms with Crippen LogP contribution in [0.5, 0.6) is 0 Å². The minimum Gasteiger partial charge on any atom is -0.449 e. The van der Waals surface area contributed by atoms with Crippen LogP contribution in [0, 0.1) is 0 Å². The lowest BCUT2D eigenvalue weighted by molar-refractivity contribution is -0.150. The lowest BCUT2D eigenvalue weighted by Crippen LogP contribution is -2.42. The van der Waals surface area contributed by atoms with Crippen LogP contribution >= 0.6 is 0 Å². The van der Waals surface area contributed by atoms with Gasteiger partial charge in [0.25, 0.3) is 15.9 Å². The standard InChI is InChI=1S/C13H17N3O5S/c1-3-14-12(17)9(2)21-13(18)10-5-4-6-16-7-8-22(19,20)15-11(10)16/h4-6,9H,3,7-8H2,1-2H3,(H,14,17)/t9-/m1/s1. The fourth-order valence-electron chi connectivity index (χ4n) is 1.97. The average Bonchev–Trinajstić information content (AvgIpc) is 2.45. The third-order valence-corrected chi connectivity index (χ3v) is 4.23. The molecule has 0 saturated heterocycles. The van der Waals surface area contributed by atoms with Gasteiger partial charge in [-0.15, -0.1) is 4.40 Å². The average molecular weight is 327 g/mol. The van der Waals surface area contributed by atoms with E-state index in [0.29, 0.717) is 6.54 Å². The molecule has 1 N–H and O–H groups in total. The highest BCUT2D eigenvalue weighted by atomic mass is 32.2. The fraction of sp³-hybridized carbons (Fsp3) is 0.462. The number of ether oxygens (including phenoxy) is 1. The van der Waals surface area contributed by atoms with E-state index >= 15 is 0 Å². The Kier molecular flexibility index (Phi) is 4.65. The number of nitrogens with zero attached hydrogens (tertiary/aromatic N) is 2. The summed E-state index contributed by atoms with van der Waals surface area (Å²) in [5.74, 6) is -1.29. The molecule has 1 amide bonds. The first-order chi connectivity index (χ1) is 10.3. The SMILES string of the molecule is CCNC(=O)[C@@H](C)OC(=O)C1=CC=CN2CCS(=O)(=O)N=C12. The summed E-state index contributed by atoms with van der Waals surface area (Å²) in [5, 5.41) is 2.54. The molecular formula is C13H17N3O5S. The molecule has 2 aliphatic heterocycles. The number of allylic oxidation sites excluding steroid dienone is 2. The van der Waals surface area contributed by atoms with Crippen molar-refractivity contribution < 1.29 is 22.7 Å². The summed E-state index contributed by atoms with van der Waals surface area (Å²) in [6.45, 7) is 3.83. The summed E-state index contributed by atoms with van der Waals surface area (Å²) in [7, 11) is -3.59. The van der Waals surface area contributed by atoms with Gasteiger partial charge >= 0.3 is 5.97 Å². The lowest BCUT2D eigenvalue weighted by atomic mass is 10.1. The Morgan fingerprint density at radius 2 is 2.23 bits per heavy atom. The maximum atomic E-state index is 12.2. The van der Waals surface area contributed by atoms with Crippen LogP contribution in [-0.4, -0.2) is 56.0 Å². The maximum Gasteiger partial charge on any atom is 0.342 e. The van der Waals surface area contributed by atoms with Gasteiger partial charge in [0.05, 0.1) is 5.75 Å². The van der Waals surface area contributed by atoms with Crippen LogP contribution in [0.25, 0.3) is 0 Å². The molecule has 0 bridgehead atoms. The molecule has 1 atom stereocenters. The molecule has 0 aliphatic carbocycles. The highest BCUT2D eigenvalue weighted by Gasteiger charge is 2.32. The largest absolute Gasteiger partial charge is 0.449 e. The lowest BCUT2D eigenvalue weighted by Gasteiger charge is -2.28. The van der Waals surface area contributed by atoms with Crippen LogP contribution in [0.4, 0.5) is 0 Å². The van der Waals surface area contributed by atoms with Gasteiger partial charge in [0.2, 0.25) is 0 Å². The first-order valence-corrected chi connectivity index (χ1v) is 8.42. The van der Waals surface area contributed by atoms with E-state index in [0.717, 1.165) is 0 Å². The minimum atomic E-state index is -3.59. The summed E-state index contributed by atoms with van der Waals surface area (Å²) in [5.41, 5.74) is 0.0157. The predicted octanol–water partition coefficient (Wildman–Crippen LogP) is -0.448. The van der Waals surface area contributed by atoms with Crippen LogP contribution in [-0.2, 0) is 24.3 Å². The van der Waals surface area contributed by atoms with Gasteiger partial charge in [0.1, 0.15) is 5.57 Å². The van der Waals surface area contributed by atoms with Gasteiger partial charge in [-0.05, 0) is 26.0 Å². The van der Waals surface area contributed by atoms with E-state index in [-0.39, 0.29) is 23.7 Å². The third-order valence-electron chi connectivity index (χ3n) is 3.08. The highest BCUT2D eigenvalue weighted by molar-refractivity contribution is 7.90. The van der Waals surface area contributed by atoms with E-state index in [1.165, 1.54) is 13.0 Å². The third kappa shape index (κ3) is 3.53. The Labute approximate surface area is 128 Å². The molecule has 9 heteroatoms. The molecule has 0 aromatic rings. The molecule has 22 heavy (non-hydrogen) atoms. The van der Waals surface area contributed by atoms with E-state index in [4.69, 9.17) is 4.74 Å². The Balaban J connectivity index is 2.18. The molecule has 0 spiro atoms. The Bertz CT molecular complexity index is 678. The number of amides is 1. The first-order valence-electron chi connectivity index (χ1n) is 6.81. The second-order valence-electron chi connectivity index (χ2n) is 4.76. The molecule has 0 fully saturated rings. The highest BCUT2D eigenvalue weighted by Crippen LogP contribution is 2.19. The van der Waals surface area contributed by atoms with Crippen LogP contribution in [0.1, 0.15) is 13.8 Å². The van der Waals surface area contributed by atoms with E-state index in [9.17, 15) is 18.0 Å². The Hall–Kier alpha value is -2.16. The van der Waals surface area contributed by atoms with Gasteiger partial charge < -0.3 is 15.0 Å². The first kappa shape index (κ1) is 16.2. The molecule has 2 rings (SSSR count). The second-order valence-corrected chi connectivity index (χ2v) is 6.51. The molecule has 0 saturated carbocycles. The number of sulfonamides is 1. The summed E-state index contributed by atoms with van der Waals surface area (Å²) < 4.78 is 31.9. The van der Waals surface area contributed by atoms with Crippen molar-refractivity contribution in [2.75, 3.05) is 18.8 Å². The van der Waals surface area contributed by atoms with Crippen LogP contribution < -0.4 is 5.32 Å². The zero-order valence-corrected chi connectivity index (χ0v) is 13.1. The van der Waals surface area contributed by atoms with E-state index in [2.05, 4.69) is 9.71 Å². The summed E-state index contributed by atoms with van der Waals surface area (Å²) in [4.78, 5) is 25.3. The number of fused-ring (bicyclic) bond motifs is 1. The number of amidine groups is 1. The smallest absolute Gasteiger partial charge is 0.342 e. The zero-order valence-electron chi connectivity index (χ0n) is 12.3. The van der Waals surface area contributed by atoms with Crippen LogP contribution in [0.3, 0.4) is 0 Å². The molecule has 8 nitrogen and oxygen atoms in total. The van der Waals surface area contributed by atoms with E-state index < -0.39 is 28.0 Å². The van der Waals surface area contributed by atoms with Gasteiger partial charge in [-0.2, -0.15) is 0 Å². The van der Waals surface area contributed by atoms with Gasteiger partial charge in [-0.25, -0.2) is 13.2 Å². The number of likely N-dealkylation sites (N-methyl/N-ethyl adjacent to an activating group) is 1.